The van der Waals surface area contributed by atoms with Crippen LogP contribution in [0.1, 0.15) is 67.1 Å². The van der Waals surface area contributed by atoms with Gasteiger partial charge in [0.1, 0.15) is 6.10 Å². The van der Waals surface area contributed by atoms with E-state index in [1.165, 1.54) is 19.6 Å². The maximum absolute atomic E-state index is 14.2. The molecule has 8 nitrogen and oxygen atoms in total. The molecule has 0 unspecified atom stereocenters. The van der Waals surface area contributed by atoms with Gasteiger partial charge in [-0.05, 0) is 55.2 Å². The number of methoxy groups -OCH3 is 1. The topological polar surface area (TPSA) is 109 Å². The lowest BCUT2D eigenvalue weighted by atomic mass is 9.43. The molecule has 2 aliphatic carbocycles. The molecular formula is C29H32O8. The molecule has 8 heteroatoms. The van der Waals surface area contributed by atoms with Crippen molar-refractivity contribution in [3.63, 3.8) is 0 Å². The van der Waals surface area contributed by atoms with E-state index in [1.807, 2.05) is 26.8 Å². The van der Waals surface area contributed by atoms with Crippen molar-refractivity contribution in [3.05, 3.63) is 59.5 Å². The number of ether oxygens (including phenoxy) is 3. The number of furan rings is 1. The number of carbonyl (C=O) groups excluding carboxylic acids is 4. The Morgan fingerprint density at radius 1 is 1.11 bits per heavy atom. The molecule has 37 heavy (non-hydrogen) atoms. The van der Waals surface area contributed by atoms with Crippen molar-refractivity contribution in [2.24, 2.45) is 28.6 Å². The molecule has 1 saturated heterocycles. The summed E-state index contributed by atoms with van der Waals surface area (Å²) in [5, 5.41) is 0. The number of cyclic esters (lactones) is 1. The fourth-order valence-electron chi connectivity index (χ4n) is 7.23. The average molecular weight is 509 g/mol. The minimum Gasteiger partial charge on any atom is -0.472 e. The summed E-state index contributed by atoms with van der Waals surface area (Å²) < 4.78 is 22.0. The molecule has 2 aromatic rings. The van der Waals surface area contributed by atoms with Crippen LogP contribution in [-0.2, 0) is 28.6 Å². The summed E-state index contributed by atoms with van der Waals surface area (Å²) in [5.41, 5.74) is 0.362. The summed E-state index contributed by atoms with van der Waals surface area (Å²) in [4.78, 5) is 53.6. The molecule has 3 aliphatic rings. The first-order chi connectivity index (χ1) is 17.6. The van der Waals surface area contributed by atoms with Crippen LogP contribution in [0.15, 0.2) is 47.3 Å². The average Bonchev–Trinajstić information content (AvgIpc) is 3.39. The van der Waals surface area contributed by atoms with Crippen molar-refractivity contribution in [2.45, 2.75) is 58.7 Å². The van der Waals surface area contributed by atoms with Crippen LogP contribution in [0.4, 0.5) is 0 Å². The zero-order valence-corrected chi connectivity index (χ0v) is 21.5. The van der Waals surface area contributed by atoms with E-state index in [0.29, 0.717) is 24.8 Å². The van der Waals surface area contributed by atoms with Gasteiger partial charge in [0.05, 0.1) is 37.0 Å². The van der Waals surface area contributed by atoms with Gasteiger partial charge in [-0.3, -0.25) is 14.4 Å². The fourth-order valence-corrected chi connectivity index (χ4v) is 7.23. The van der Waals surface area contributed by atoms with Crippen LogP contribution >= 0.6 is 0 Å². The Morgan fingerprint density at radius 3 is 2.57 bits per heavy atom. The zero-order valence-electron chi connectivity index (χ0n) is 21.5. The fraction of sp³-hybridized carbons (Fsp3) is 0.517. The second-order valence-corrected chi connectivity index (χ2v) is 11.2. The van der Waals surface area contributed by atoms with Crippen LogP contribution in [0.2, 0.25) is 0 Å². The van der Waals surface area contributed by atoms with Gasteiger partial charge in [0, 0.05) is 17.9 Å². The Kier molecular flexibility index (Phi) is 6.24. The van der Waals surface area contributed by atoms with Crippen LogP contribution in [0, 0.1) is 35.5 Å². The highest BCUT2D eigenvalue weighted by atomic mass is 16.6. The second kappa shape index (κ2) is 9.15. The highest BCUT2D eigenvalue weighted by molar-refractivity contribution is 5.96. The number of carbonyl (C=O) groups is 4. The highest BCUT2D eigenvalue weighted by Crippen LogP contribution is 2.65. The van der Waals surface area contributed by atoms with Crippen LogP contribution in [0.5, 0.6) is 0 Å². The van der Waals surface area contributed by atoms with Gasteiger partial charge < -0.3 is 18.6 Å². The van der Waals surface area contributed by atoms with Crippen LogP contribution < -0.4 is 0 Å². The lowest BCUT2D eigenvalue weighted by molar-refractivity contribution is -0.208. The molecule has 3 fully saturated rings. The molecule has 0 amide bonds. The van der Waals surface area contributed by atoms with E-state index >= 15 is 0 Å². The number of hydrogen-bond donors (Lipinski definition) is 0. The number of fused-ring (bicyclic) bond motifs is 3. The van der Waals surface area contributed by atoms with Crippen molar-refractivity contribution in [1.29, 1.82) is 0 Å². The molecule has 1 aliphatic heterocycles. The SMILES string of the molecule is COC(=O)[C@@H]1C[C@H](OC(=O)c2cccc(C)c2)C(=O)[C@H]2[C@@]1(C)CC[C@H]1C(=O)O[C@H](c3ccoc3)C[C@]21C. The molecule has 1 aromatic carbocycles. The van der Waals surface area contributed by atoms with Gasteiger partial charge in [0.2, 0.25) is 0 Å². The Bertz CT molecular complexity index is 1230. The third-order valence-corrected chi connectivity index (χ3v) is 9.01. The van der Waals surface area contributed by atoms with Gasteiger partial charge in [-0.25, -0.2) is 4.79 Å². The summed E-state index contributed by atoms with van der Waals surface area (Å²) in [6, 6.07) is 8.69. The Labute approximate surface area is 215 Å². The first-order valence-electron chi connectivity index (χ1n) is 12.7. The number of ketones is 1. The van der Waals surface area contributed by atoms with Crippen molar-refractivity contribution in [2.75, 3.05) is 7.11 Å². The number of aryl methyl sites for hydroxylation is 1. The maximum Gasteiger partial charge on any atom is 0.338 e. The Morgan fingerprint density at radius 2 is 1.89 bits per heavy atom. The molecular weight excluding hydrogens is 476 g/mol. The quantitative estimate of drug-likeness (QED) is 0.435. The Balaban J connectivity index is 1.54. The normalized spacial score (nSPS) is 35.1. The number of rotatable bonds is 4. The predicted octanol–water partition coefficient (Wildman–Crippen LogP) is 4.60. The zero-order chi connectivity index (χ0) is 26.5. The third-order valence-electron chi connectivity index (χ3n) is 9.01. The molecule has 196 valence electrons. The van der Waals surface area contributed by atoms with E-state index < -0.39 is 52.7 Å². The van der Waals surface area contributed by atoms with Gasteiger partial charge in [-0.2, -0.15) is 0 Å². The molecule has 0 radical (unpaired) electrons. The monoisotopic (exact) mass is 508 g/mol. The summed E-state index contributed by atoms with van der Waals surface area (Å²) >= 11 is 0. The van der Waals surface area contributed by atoms with Gasteiger partial charge in [0.25, 0.3) is 0 Å². The van der Waals surface area contributed by atoms with Gasteiger partial charge in [-0.15, -0.1) is 0 Å². The van der Waals surface area contributed by atoms with Crippen molar-refractivity contribution >= 4 is 23.7 Å². The summed E-state index contributed by atoms with van der Waals surface area (Å²) in [7, 11) is 1.32. The van der Waals surface area contributed by atoms with Crippen molar-refractivity contribution in [1.82, 2.24) is 0 Å². The molecule has 0 spiro atoms. The standard InChI is InChI=1S/C29H32O8/c1-16-6-5-7-17(12-16)25(31)36-21-13-20(26(32)34-4)28(2)10-8-19-27(33)37-22(18-9-11-35-15-18)14-29(19,3)24(28)23(21)30/h5-7,9,11-12,15,19-22,24H,8,10,13-14H2,1-4H3/t19-,20-,21-,22-,24-,28-,29-/m0/s1. The molecule has 0 N–H and O–H groups in total. The molecule has 2 heterocycles. The van der Waals surface area contributed by atoms with E-state index in [-0.39, 0.29) is 18.2 Å². The van der Waals surface area contributed by atoms with Crippen LogP contribution in [0.25, 0.3) is 0 Å². The smallest absolute Gasteiger partial charge is 0.338 e. The first-order valence-corrected chi connectivity index (χ1v) is 12.7. The lowest BCUT2D eigenvalue weighted by Gasteiger charge is -2.61. The van der Waals surface area contributed by atoms with Crippen LogP contribution in [0.3, 0.4) is 0 Å². The van der Waals surface area contributed by atoms with E-state index in [2.05, 4.69) is 0 Å². The molecule has 1 aromatic heterocycles. The molecule has 7 atom stereocenters. The number of Topliss-reactive ketones (excluding diaryl/α,β-unsaturated/α-hetero) is 1. The third kappa shape index (κ3) is 4.06. The predicted molar refractivity (Wildman–Crippen MR) is 130 cm³/mol. The molecule has 5 rings (SSSR count). The van der Waals surface area contributed by atoms with Crippen LogP contribution in [-0.4, -0.2) is 36.9 Å². The largest absolute Gasteiger partial charge is 0.472 e. The lowest BCUT2D eigenvalue weighted by Crippen LogP contribution is -2.64. The first kappa shape index (κ1) is 25.2. The van der Waals surface area contributed by atoms with Gasteiger partial charge >= 0.3 is 17.9 Å². The summed E-state index contributed by atoms with van der Waals surface area (Å²) in [5.74, 6) is -3.57. The second-order valence-electron chi connectivity index (χ2n) is 11.2. The molecule has 2 saturated carbocycles. The minimum atomic E-state index is -1.13. The van der Waals surface area contributed by atoms with E-state index in [1.54, 1.807) is 24.3 Å². The maximum atomic E-state index is 14.2. The van der Waals surface area contributed by atoms with E-state index in [0.717, 1.165) is 11.1 Å². The van der Waals surface area contributed by atoms with Crippen molar-refractivity contribution < 1.29 is 37.8 Å². The number of esters is 3. The van der Waals surface area contributed by atoms with E-state index in [4.69, 9.17) is 18.6 Å². The minimum absolute atomic E-state index is 0.0480. The Hall–Kier alpha value is -3.42. The summed E-state index contributed by atoms with van der Waals surface area (Å²) in [6.45, 7) is 5.73. The van der Waals surface area contributed by atoms with Gasteiger partial charge in [0.15, 0.2) is 11.9 Å². The molecule has 0 bridgehead atoms. The van der Waals surface area contributed by atoms with E-state index in [9.17, 15) is 19.2 Å². The number of benzene rings is 1. The van der Waals surface area contributed by atoms with Gasteiger partial charge in [-0.1, -0.05) is 31.5 Å². The number of hydrogen-bond acceptors (Lipinski definition) is 8. The van der Waals surface area contributed by atoms with Crippen molar-refractivity contribution in [3.8, 4) is 0 Å². The highest BCUT2D eigenvalue weighted by Gasteiger charge is 2.67. The summed E-state index contributed by atoms with van der Waals surface area (Å²) in [6.07, 6.45) is 2.76.